The van der Waals surface area contributed by atoms with Crippen LogP contribution in [-0.2, 0) is 4.74 Å². The Morgan fingerprint density at radius 1 is 1.33 bits per heavy atom. The first-order chi connectivity index (χ1) is 12.7. The van der Waals surface area contributed by atoms with Gasteiger partial charge in [0.15, 0.2) is 0 Å². The highest BCUT2D eigenvalue weighted by molar-refractivity contribution is 5.91. The highest BCUT2D eigenvalue weighted by Crippen LogP contribution is 2.23. The van der Waals surface area contributed by atoms with Crippen LogP contribution in [-0.4, -0.2) is 78.3 Å². The van der Waals surface area contributed by atoms with Gasteiger partial charge in [0, 0.05) is 56.6 Å². The average molecular weight is 377 g/mol. The van der Waals surface area contributed by atoms with Crippen LogP contribution in [0.3, 0.4) is 0 Å². The van der Waals surface area contributed by atoms with Crippen molar-refractivity contribution < 1.29 is 9.53 Å². The summed E-state index contributed by atoms with van der Waals surface area (Å²) < 4.78 is 5.72. The quantitative estimate of drug-likeness (QED) is 0.771. The van der Waals surface area contributed by atoms with E-state index >= 15 is 0 Å². The van der Waals surface area contributed by atoms with Crippen LogP contribution in [0.2, 0.25) is 0 Å². The molecule has 2 aliphatic heterocycles. The maximum Gasteiger partial charge on any atom is 0.289 e. The van der Waals surface area contributed by atoms with Crippen LogP contribution in [0.5, 0.6) is 0 Å². The highest BCUT2D eigenvalue weighted by Gasteiger charge is 2.27. The summed E-state index contributed by atoms with van der Waals surface area (Å²) in [5.41, 5.74) is 7.74. The van der Waals surface area contributed by atoms with Gasteiger partial charge < -0.3 is 20.7 Å². The lowest BCUT2D eigenvalue weighted by atomic mass is 10.1. The van der Waals surface area contributed by atoms with E-state index in [1.54, 1.807) is 0 Å². The summed E-state index contributed by atoms with van der Waals surface area (Å²) in [5, 5.41) is 2.96. The number of morpholine rings is 1. The lowest BCUT2D eigenvalue weighted by molar-refractivity contribution is -0.0853. The van der Waals surface area contributed by atoms with E-state index in [0.717, 1.165) is 62.8 Å². The van der Waals surface area contributed by atoms with Crippen molar-refractivity contribution in [1.82, 2.24) is 20.2 Å². The summed E-state index contributed by atoms with van der Waals surface area (Å²) >= 11 is 0. The van der Waals surface area contributed by atoms with Crippen molar-refractivity contribution in [1.29, 1.82) is 0 Å². The van der Waals surface area contributed by atoms with Crippen molar-refractivity contribution in [2.45, 2.75) is 45.8 Å². The van der Waals surface area contributed by atoms with E-state index in [2.05, 4.69) is 38.9 Å². The molecule has 3 N–H and O–H groups in total. The normalized spacial score (nSPS) is 22.9. The fourth-order valence-corrected chi connectivity index (χ4v) is 3.71. The third kappa shape index (κ3) is 4.94. The predicted molar refractivity (Wildman–Crippen MR) is 105 cm³/mol. The second kappa shape index (κ2) is 8.08. The van der Waals surface area contributed by atoms with Gasteiger partial charge in [0.1, 0.15) is 5.82 Å². The van der Waals surface area contributed by atoms with Gasteiger partial charge in [-0.1, -0.05) is 0 Å². The monoisotopic (exact) mass is 376 g/mol. The van der Waals surface area contributed by atoms with Gasteiger partial charge in [-0.05, 0) is 34.1 Å². The van der Waals surface area contributed by atoms with Gasteiger partial charge in [-0.15, -0.1) is 0 Å². The number of nitrogens with zero attached hydrogens (tertiary/aromatic N) is 4. The molecule has 3 rings (SSSR count). The highest BCUT2D eigenvalue weighted by atomic mass is 16.5. The average Bonchev–Trinajstić information content (AvgIpc) is 3.02. The minimum Gasteiger partial charge on any atom is -0.373 e. The Kier molecular flexibility index (Phi) is 5.98. The van der Waals surface area contributed by atoms with Gasteiger partial charge in [0.2, 0.25) is 5.82 Å². The molecule has 2 fully saturated rings. The fourth-order valence-electron chi connectivity index (χ4n) is 3.71. The molecule has 0 aliphatic carbocycles. The zero-order valence-electron chi connectivity index (χ0n) is 16.9. The second-order valence-corrected chi connectivity index (χ2v) is 8.22. The lowest BCUT2D eigenvalue weighted by Gasteiger charge is -2.38. The van der Waals surface area contributed by atoms with Crippen LogP contribution in [0.1, 0.15) is 42.1 Å². The minimum atomic E-state index is -0.227. The predicted octanol–water partition coefficient (Wildman–Crippen LogP) is 0.471. The smallest absolute Gasteiger partial charge is 0.289 e. The SMILES string of the molecule is Cc1nc(C(=O)NCCN2CCOC(C)(C)C2)nc(N2CC[C@@H](N)C2)c1C. The Hall–Kier alpha value is -1.77. The van der Waals surface area contributed by atoms with Gasteiger partial charge in [0.25, 0.3) is 5.91 Å². The number of rotatable bonds is 5. The first-order valence-corrected chi connectivity index (χ1v) is 9.75. The molecule has 2 saturated heterocycles. The number of carbonyl (C=O) groups excluding carboxylic acids is 1. The Morgan fingerprint density at radius 2 is 2.11 bits per heavy atom. The molecule has 1 aromatic rings. The number of nitrogens with one attached hydrogen (secondary N) is 1. The maximum atomic E-state index is 12.6. The summed E-state index contributed by atoms with van der Waals surface area (Å²) in [4.78, 5) is 26.0. The molecule has 1 amide bonds. The Morgan fingerprint density at radius 3 is 2.78 bits per heavy atom. The Balaban J connectivity index is 1.60. The van der Waals surface area contributed by atoms with Crippen molar-refractivity contribution in [3.8, 4) is 0 Å². The molecule has 2 aliphatic rings. The molecular formula is C19H32N6O2. The third-order valence-corrected chi connectivity index (χ3v) is 5.31. The van der Waals surface area contributed by atoms with Crippen LogP contribution < -0.4 is 16.0 Å². The molecule has 3 heterocycles. The number of aromatic nitrogens is 2. The summed E-state index contributed by atoms with van der Waals surface area (Å²) in [5.74, 6) is 0.835. The summed E-state index contributed by atoms with van der Waals surface area (Å²) in [7, 11) is 0. The molecule has 150 valence electrons. The number of aryl methyl sites for hydroxylation is 1. The molecular weight excluding hydrogens is 344 g/mol. The first kappa shape index (κ1) is 20.0. The van der Waals surface area contributed by atoms with Crippen molar-refractivity contribution in [3.05, 3.63) is 17.1 Å². The van der Waals surface area contributed by atoms with E-state index in [9.17, 15) is 4.79 Å². The molecule has 27 heavy (non-hydrogen) atoms. The van der Waals surface area contributed by atoms with Gasteiger partial charge in [0.05, 0.1) is 12.2 Å². The van der Waals surface area contributed by atoms with Crippen LogP contribution in [0.15, 0.2) is 0 Å². The maximum absolute atomic E-state index is 12.6. The van der Waals surface area contributed by atoms with Gasteiger partial charge >= 0.3 is 0 Å². The van der Waals surface area contributed by atoms with Crippen LogP contribution in [0.4, 0.5) is 5.82 Å². The molecule has 1 aromatic heterocycles. The first-order valence-electron chi connectivity index (χ1n) is 9.75. The number of hydrogen-bond acceptors (Lipinski definition) is 7. The van der Waals surface area contributed by atoms with Crippen LogP contribution in [0, 0.1) is 13.8 Å². The number of nitrogens with two attached hydrogens (primary N) is 1. The zero-order chi connectivity index (χ0) is 19.6. The second-order valence-electron chi connectivity index (χ2n) is 8.22. The molecule has 0 aromatic carbocycles. The standard InChI is InChI=1S/C19H32N6O2/c1-13-14(2)22-16(23-17(13)25-7-5-15(20)11-25)18(26)21-6-8-24-9-10-27-19(3,4)12-24/h15H,5-12,20H2,1-4H3,(H,21,26)/t15-/m1/s1. The molecule has 8 nitrogen and oxygen atoms in total. The summed E-state index contributed by atoms with van der Waals surface area (Å²) in [6.45, 7) is 13.6. The van der Waals surface area contributed by atoms with Gasteiger partial charge in [-0.3, -0.25) is 9.69 Å². The number of amides is 1. The van der Waals surface area contributed by atoms with Gasteiger partial charge in [-0.2, -0.15) is 0 Å². The van der Waals surface area contributed by atoms with Crippen LogP contribution in [0.25, 0.3) is 0 Å². The Bertz CT molecular complexity index is 693. The fraction of sp³-hybridized carbons (Fsp3) is 0.737. The molecule has 0 radical (unpaired) electrons. The summed E-state index contributed by atoms with van der Waals surface area (Å²) in [6, 6.07) is 0.162. The van der Waals surface area contributed by atoms with Crippen molar-refractivity contribution >= 4 is 11.7 Å². The number of ether oxygens (including phenoxy) is 1. The van der Waals surface area contributed by atoms with E-state index in [1.807, 2.05) is 13.8 Å². The molecule has 0 unspecified atom stereocenters. The van der Waals surface area contributed by atoms with E-state index in [0.29, 0.717) is 6.54 Å². The summed E-state index contributed by atoms with van der Waals surface area (Å²) in [6.07, 6.45) is 0.944. The van der Waals surface area contributed by atoms with Crippen LogP contribution >= 0.6 is 0 Å². The lowest BCUT2D eigenvalue weighted by Crippen LogP contribution is -2.50. The van der Waals surface area contributed by atoms with Crippen molar-refractivity contribution in [2.24, 2.45) is 5.73 Å². The van der Waals surface area contributed by atoms with Crippen molar-refractivity contribution in [3.63, 3.8) is 0 Å². The van der Waals surface area contributed by atoms with Crippen molar-refractivity contribution in [2.75, 3.05) is 50.8 Å². The third-order valence-electron chi connectivity index (χ3n) is 5.31. The molecule has 8 heteroatoms. The number of hydrogen-bond donors (Lipinski definition) is 2. The largest absolute Gasteiger partial charge is 0.373 e. The van der Waals surface area contributed by atoms with E-state index < -0.39 is 0 Å². The Labute approximate surface area is 161 Å². The van der Waals surface area contributed by atoms with E-state index in [4.69, 9.17) is 10.5 Å². The number of anilines is 1. The van der Waals surface area contributed by atoms with E-state index in [1.165, 1.54) is 0 Å². The number of carbonyl (C=O) groups is 1. The molecule has 1 atom stereocenters. The zero-order valence-corrected chi connectivity index (χ0v) is 16.9. The van der Waals surface area contributed by atoms with E-state index in [-0.39, 0.29) is 23.4 Å². The topological polar surface area (TPSA) is 96.6 Å². The molecule has 0 bridgehead atoms. The molecule has 0 saturated carbocycles. The minimum absolute atomic E-state index is 0.134. The van der Waals surface area contributed by atoms with Gasteiger partial charge in [-0.25, -0.2) is 9.97 Å². The molecule has 0 spiro atoms.